The lowest BCUT2D eigenvalue weighted by Gasteiger charge is -2.33. The molecule has 1 aromatic rings. The summed E-state index contributed by atoms with van der Waals surface area (Å²) < 4.78 is 102. The van der Waals surface area contributed by atoms with Crippen molar-refractivity contribution in [3.05, 3.63) is 24.0 Å². The lowest BCUT2D eigenvalue weighted by Crippen LogP contribution is -2.52. The quantitative estimate of drug-likeness (QED) is 0.516. The first-order chi connectivity index (χ1) is 16.5. The van der Waals surface area contributed by atoms with Gasteiger partial charge in [-0.1, -0.05) is 0 Å². The molecule has 1 saturated heterocycles. The molecule has 1 amide bonds. The largest absolute Gasteiger partial charge is 0.453 e. The van der Waals surface area contributed by atoms with E-state index in [-0.39, 0.29) is 24.0 Å². The predicted molar refractivity (Wildman–Crippen MR) is 110 cm³/mol. The molecular weight excluding hydrogens is 503 g/mol. The summed E-state index contributed by atoms with van der Waals surface area (Å²) in [7, 11) is -4.13. The third-order valence-corrected chi connectivity index (χ3v) is 8.26. The number of methoxy groups -OCH3 is 1. The van der Waals surface area contributed by atoms with E-state index >= 15 is 0 Å². The Bertz CT molecular complexity index is 1030. The van der Waals surface area contributed by atoms with Crippen molar-refractivity contribution in [2.45, 2.75) is 73.9 Å². The Balaban J connectivity index is 1.45. The first-order valence-corrected chi connectivity index (χ1v) is 12.6. The number of likely N-dealkylation sites (tertiary alicyclic amines) is 1. The van der Waals surface area contributed by atoms with Crippen LogP contribution in [0.1, 0.15) is 37.9 Å². The van der Waals surface area contributed by atoms with Crippen molar-refractivity contribution in [1.29, 1.82) is 0 Å². The van der Waals surface area contributed by atoms with E-state index in [1.54, 1.807) is 4.72 Å². The Morgan fingerprint density at radius 2 is 1.94 bits per heavy atom. The van der Waals surface area contributed by atoms with Gasteiger partial charge in [0.15, 0.2) is 5.82 Å². The summed E-state index contributed by atoms with van der Waals surface area (Å²) in [5.74, 6) is -3.59. The highest BCUT2D eigenvalue weighted by Crippen LogP contribution is 2.61. The van der Waals surface area contributed by atoms with Gasteiger partial charge >= 0.3 is 11.9 Å². The van der Waals surface area contributed by atoms with Gasteiger partial charge in [-0.3, -0.25) is 4.90 Å². The number of amides is 1. The number of alkyl halides is 4. The third kappa shape index (κ3) is 5.07. The van der Waals surface area contributed by atoms with E-state index in [2.05, 4.69) is 14.7 Å². The van der Waals surface area contributed by atoms with Gasteiger partial charge in [0.25, 0.3) is 16.4 Å². The van der Waals surface area contributed by atoms with E-state index in [0.29, 0.717) is 30.0 Å². The molecule has 1 aliphatic heterocycles. The molecule has 4 rings (SSSR count). The molecular formula is C20H25F5N4O5S. The van der Waals surface area contributed by atoms with Crippen LogP contribution in [0.4, 0.5) is 26.7 Å². The van der Waals surface area contributed by atoms with Gasteiger partial charge in [0, 0.05) is 11.5 Å². The van der Waals surface area contributed by atoms with E-state index in [1.165, 1.54) is 0 Å². The summed E-state index contributed by atoms with van der Waals surface area (Å²) in [4.78, 5) is 21.1. The van der Waals surface area contributed by atoms with E-state index in [4.69, 9.17) is 4.74 Å². The third-order valence-electron chi connectivity index (χ3n) is 7.16. The number of rotatable bonds is 8. The Morgan fingerprint density at radius 1 is 1.26 bits per heavy atom. The highest BCUT2D eigenvalue weighted by atomic mass is 32.2. The molecule has 1 aromatic heterocycles. The molecule has 35 heavy (non-hydrogen) atoms. The van der Waals surface area contributed by atoms with Gasteiger partial charge in [-0.25, -0.2) is 41.1 Å². The molecule has 3 fully saturated rings. The SMILES string of the molecule is COC(=O)N1[C@H](C(F)F)C[C@H](NS(=O)(=O)C(F)F)[C@@H]1CO[C@H]1CC[C@@]2(c3ncc(F)cn3)C[C@H]2C1. The predicted octanol–water partition coefficient (Wildman–Crippen LogP) is 2.43. The molecule has 2 heterocycles. The molecule has 2 aliphatic carbocycles. The maximum Gasteiger partial charge on any atom is 0.410 e. The summed E-state index contributed by atoms with van der Waals surface area (Å²) in [6.45, 7) is -0.355. The lowest BCUT2D eigenvalue weighted by atomic mass is 9.86. The minimum atomic E-state index is -5.11. The molecule has 2 saturated carbocycles. The number of ether oxygens (including phenoxy) is 2. The van der Waals surface area contributed by atoms with Crippen LogP contribution >= 0.6 is 0 Å². The zero-order valence-electron chi connectivity index (χ0n) is 18.6. The zero-order chi connectivity index (χ0) is 25.5. The number of carbonyl (C=O) groups excluding carboxylic acids is 1. The van der Waals surface area contributed by atoms with Gasteiger partial charge in [0.05, 0.1) is 44.3 Å². The highest BCUT2D eigenvalue weighted by molar-refractivity contribution is 7.89. The molecule has 0 bridgehead atoms. The number of fused-ring (bicyclic) bond motifs is 1. The van der Waals surface area contributed by atoms with Gasteiger partial charge in [-0.15, -0.1) is 0 Å². The minimum absolute atomic E-state index is 0.161. The molecule has 196 valence electrons. The van der Waals surface area contributed by atoms with Crippen molar-refractivity contribution in [1.82, 2.24) is 19.6 Å². The number of sulfonamides is 1. The van der Waals surface area contributed by atoms with Crippen LogP contribution in [0, 0.1) is 11.7 Å². The first-order valence-electron chi connectivity index (χ1n) is 11.0. The molecule has 0 aromatic carbocycles. The Hall–Kier alpha value is -2.13. The van der Waals surface area contributed by atoms with Gasteiger partial charge in [0.2, 0.25) is 0 Å². The molecule has 6 atom stereocenters. The Kier molecular flexibility index (Phi) is 7.21. The maximum atomic E-state index is 13.7. The maximum absolute atomic E-state index is 13.7. The van der Waals surface area contributed by atoms with Crippen LogP contribution in [0.25, 0.3) is 0 Å². The highest BCUT2D eigenvalue weighted by Gasteiger charge is 2.60. The van der Waals surface area contributed by atoms with Crippen molar-refractivity contribution in [3.63, 3.8) is 0 Å². The number of aromatic nitrogens is 2. The van der Waals surface area contributed by atoms with Crippen molar-refractivity contribution in [2.75, 3.05) is 13.7 Å². The molecule has 0 radical (unpaired) electrons. The second-order valence-corrected chi connectivity index (χ2v) is 10.8. The average molecular weight is 529 g/mol. The molecule has 0 unspecified atom stereocenters. The van der Waals surface area contributed by atoms with E-state index < -0.39 is 58.7 Å². The van der Waals surface area contributed by atoms with E-state index in [9.17, 15) is 35.2 Å². The van der Waals surface area contributed by atoms with Crippen molar-refractivity contribution in [3.8, 4) is 0 Å². The van der Waals surface area contributed by atoms with Crippen LogP contribution in [0.15, 0.2) is 12.4 Å². The van der Waals surface area contributed by atoms with Crippen molar-refractivity contribution < 1.29 is 44.6 Å². The molecule has 0 spiro atoms. The average Bonchev–Trinajstić information content (AvgIpc) is 3.44. The summed E-state index contributed by atoms with van der Waals surface area (Å²) in [5.41, 5.74) is -0.269. The van der Waals surface area contributed by atoms with Crippen LogP contribution in [0.2, 0.25) is 0 Å². The smallest absolute Gasteiger partial charge is 0.410 e. The molecule has 3 aliphatic rings. The molecule has 9 nitrogen and oxygen atoms in total. The van der Waals surface area contributed by atoms with Gasteiger partial charge < -0.3 is 9.47 Å². The topological polar surface area (TPSA) is 111 Å². The minimum Gasteiger partial charge on any atom is -0.453 e. The lowest BCUT2D eigenvalue weighted by molar-refractivity contribution is -0.0239. The van der Waals surface area contributed by atoms with Crippen LogP contribution in [-0.2, 0) is 24.9 Å². The number of hydrogen-bond donors (Lipinski definition) is 1. The fourth-order valence-electron chi connectivity index (χ4n) is 5.35. The number of nitrogens with zero attached hydrogens (tertiary/aromatic N) is 3. The van der Waals surface area contributed by atoms with Crippen LogP contribution < -0.4 is 4.72 Å². The van der Waals surface area contributed by atoms with Gasteiger partial charge in [-0.2, -0.15) is 8.78 Å². The zero-order valence-corrected chi connectivity index (χ0v) is 19.4. The fourth-order valence-corrected chi connectivity index (χ4v) is 6.13. The number of hydrogen-bond acceptors (Lipinski definition) is 7. The number of carbonyl (C=O) groups is 1. The standard InChI is InChI=1S/C20H25F5N4O5S/c1-33-19(30)29-14(16(22)23)5-13(28-35(31,32)18(24)25)15(29)9-34-12-2-3-20(6-10(20)4-12)17-26-7-11(21)8-27-17/h7-8,10,12-16,18,28H,2-6,9H2,1H3/t10-,12+,13+,14+,15+,20-/m1/s1. The second-order valence-electron chi connectivity index (χ2n) is 9.12. The summed E-state index contributed by atoms with van der Waals surface area (Å²) in [5, 5.41) is 0. The van der Waals surface area contributed by atoms with Crippen molar-refractivity contribution in [2.24, 2.45) is 5.92 Å². The summed E-state index contributed by atoms with van der Waals surface area (Å²) >= 11 is 0. The Labute approximate surface area is 198 Å². The number of halogens is 5. The normalized spacial score (nSPS) is 32.7. The fraction of sp³-hybridized carbons (Fsp3) is 0.750. The van der Waals surface area contributed by atoms with Crippen LogP contribution in [0.3, 0.4) is 0 Å². The van der Waals surface area contributed by atoms with Crippen LogP contribution in [0.5, 0.6) is 0 Å². The molecule has 1 N–H and O–H groups in total. The second kappa shape index (κ2) is 9.73. The number of nitrogens with one attached hydrogen (secondary N) is 1. The first kappa shape index (κ1) is 25.9. The summed E-state index contributed by atoms with van der Waals surface area (Å²) in [6, 6.07) is -4.43. The van der Waals surface area contributed by atoms with Gasteiger partial charge in [-0.05, 0) is 38.0 Å². The Morgan fingerprint density at radius 3 is 2.51 bits per heavy atom. The van der Waals surface area contributed by atoms with Gasteiger partial charge in [0.1, 0.15) is 5.82 Å². The van der Waals surface area contributed by atoms with E-state index in [1.807, 2.05) is 0 Å². The van der Waals surface area contributed by atoms with Crippen LogP contribution in [-0.4, -0.2) is 79.5 Å². The monoisotopic (exact) mass is 528 g/mol. The van der Waals surface area contributed by atoms with E-state index in [0.717, 1.165) is 25.9 Å². The molecule has 15 heteroatoms. The van der Waals surface area contributed by atoms with Crippen molar-refractivity contribution >= 4 is 16.1 Å². The summed E-state index contributed by atoms with van der Waals surface area (Å²) in [6.07, 6.45) is -0.380.